The van der Waals surface area contributed by atoms with Crippen LogP contribution in [0.2, 0.25) is 0 Å². The number of hydrogen-bond donors (Lipinski definition) is 2. The van der Waals surface area contributed by atoms with Crippen LogP contribution in [-0.4, -0.2) is 34.5 Å². The molecule has 0 aromatic heterocycles. The van der Waals surface area contributed by atoms with Gasteiger partial charge < -0.3 is 15.3 Å². The summed E-state index contributed by atoms with van der Waals surface area (Å²) in [6, 6.07) is 8.22. The minimum atomic E-state index is -1.03. The lowest BCUT2D eigenvalue weighted by Crippen LogP contribution is -2.33. The quantitative estimate of drug-likeness (QED) is 0.626. The van der Waals surface area contributed by atoms with E-state index in [1.165, 1.54) is 24.3 Å². The van der Waals surface area contributed by atoms with Crippen LogP contribution < -0.4 is 5.32 Å². The van der Waals surface area contributed by atoms with Gasteiger partial charge in [-0.15, -0.1) is 0 Å². The summed E-state index contributed by atoms with van der Waals surface area (Å²) in [6.45, 7) is 7.70. The van der Waals surface area contributed by atoms with Gasteiger partial charge in [-0.3, -0.25) is 4.79 Å². The van der Waals surface area contributed by atoms with Crippen molar-refractivity contribution in [3.63, 3.8) is 0 Å². The minimum absolute atomic E-state index is 0.0614. The predicted molar refractivity (Wildman–Crippen MR) is 102 cm³/mol. The summed E-state index contributed by atoms with van der Waals surface area (Å²) in [4.78, 5) is 25.6. The van der Waals surface area contributed by atoms with Gasteiger partial charge in [0.25, 0.3) is 5.91 Å². The Morgan fingerprint density at radius 2 is 1.93 bits per heavy atom. The van der Waals surface area contributed by atoms with E-state index in [0.29, 0.717) is 11.7 Å². The van der Waals surface area contributed by atoms with Gasteiger partial charge in [-0.2, -0.15) is 5.26 Å². The molecule has 2 unspecified atom stereocenters. The van der Waals surface area contributed by atoms with Gasteiger partial charge in [0.15, 0.2) is 0 Å². The molecule has 0 spiro atoms. The molecule has 2 atom stereocenters. The summed E-state index contributed by atoms with van der Waals surface area (Å²) in [6.07, 6.45) is 4.98. The van der Waals surface area contributed by atoms with Crippen molar-refractivity contribution in [3.05, 3.63) is 41.6 Å². The Kier molecular flexibility index (Phi) is 4.73. The Hall–Kier alpha value is -2.81. The number of aromatic carboxylic acids is 1. The number of carboxylic acid groups (broad SMARTS) is 1. The van der Waals surface area contributed by atoms with Gasteiger partial charge in [0.05, 0.1) is 5.56 Å². The molecule has 1 heterocycles. The maximum Gasteiger partial charge on any atom is 0.335 e. The number of amides is 1. The molecular weight excluding hydrogens is 342 g/mol. The summed E-state index contributed by atoms with van der Waals surface area (Å²) in [5.74, 6) is -1.51. The normalized spacial score (nSPS) is 26.4. The number of carbonyl (C=O) groups excluding carboxylic acids is 1. The van der Waals surface area contributed by atoms with E-state index < -0.39 is 11.9 Å². The highest BCUT2D eigenvalue weighted by molar-refractivity contribution is 6.06. The molecule has 142 valence electrons. The molecule has 3 rings (SSSR count). The lowest BCUT2D eigenvalue weighted by molar-refractivity contribution is -0.112. The molecule has 6 heteroatoms. The van der Waals surface area contributed by atoms with E-state index in [0.717, 1.165) is 25.8 Å². The fourth-order valence-corrected chi connectivity index (χ4v) is 4.85. The monoisotopic (exact) mass is 367 g/mol. The first-order chi connectivity index (χ1) is 12.6. The molecule has 2 fully saturated rings. The number of hydrogen-bond acceptors (Lipinski definition) is 4. The molecule has 1 saturated carbocycles. The van der Waals surface area contributed by atoms with Gasteiger partial charge in [-0.25, -0.2) is 4.79 Å². The number of fused-ring (bicyclic) bond motifs is 2. The second-order valence-electron chi connectivity index (χ2n) is 8.88. The fraction of sp³-hybridized carbons (Fsp3) is 0.476. The van der Waals surface area contributed by atoms with Gasteiger partial charge in [0.1, 0.15) is 11.6 Å². The number of benzene rings is 1. The smallest absolute Gasteiger partial charge is 0.335 e. The van der Waals surface area contributed by atoms with E-state index in [-0.39, 0.29) is 22.0 Å². The second kappa shape index (κ2) is 6.73. The zero-order valence-corrected chi connectivity index (χ0v) is 16.0. The van der Waals surface area contributed by atoms with Crippen LogP contribution in [0.5, 0.6) is 0 Å². The third kappa shape index (κ3) is 4.13. The van der Waals surface area contributed by atoms with Gasteiger partial charge in [-0.1, -0.05) is 20.8 Å². The van der Waals surface area contributed by atoms with E-state index in [1.807, 2.05) is 6.07 Å². The van der Waals surface area contributed by atoms with Crippen molar-refractivity contribution in [2.75, 3.05) is 11.9 Å². The van der Waals surface area contributed by atoms with Crippen LogP contribution in [0.25, 0.3) is 0 Å². The highest BCUT2D eigenvalue weighted by atomic mass is 16.4. The Morgan fingerprint density at radius 3 is 2.52 bits per heavy atom. The van der Waals surface area contributed by atoms with Crippen LogP contribution in [0.3, 0.4) is 0 Å². The Morgan fingerprint density at radius 1 is 1.26 bits per heavy atom. The molecule has 1 amide bonds. The molecule has 1 aliphatic carbocycles. The van der Waals surface area contributed by atoms with E-state index in [4.69, 9.17) is 5.11 Å². The summed E-state index contributed by atoms with van der Waals surface area (Å²) >= 11 is 0. The fourth-order valence-electron chi connectivity index (χ4n) is 4.85. The van der Waals surface area contributed by atoms with Gasteiger partial charge in [0.2, 0.25) is 0 Å². The number of nitrogens with one attached hydrogen (secondary N) is 1. The number of rotatable bonds is 4. The molecule has 2 N–H and O–H groups in total. The number of carbonyl (C=O) groups is 2. The molecule has 27 heavy (non-hydrogen) atoms. The van der Waals surface area contributed by atoms with Gasteiger partial charge in [-0.05, 0) is 54.4 Å². The molecule has 1 aromatic carbocycles. The second-order valence-corrected chi connectivity index (χ2v) is 8.88. The average molecular weight is 367 g/mol. The van der Waals surface area contributed by atoms with Crippen LogP contribution in [0, 0.1) is 22.2 Å². The first-order valence-corrected chi connectivity index (χ1v) is 9.13. The zero-order valence-electron chi connectivity index (χ0n) is 16.0. The van der Waals surface area contributed by atoms with Crippen LogP contribution >= 0.6 is 0 Å². The number of carboxylic acids is 1. The lowest BCUT2D eigenvalue weighted by atomic mass is 9.65. The topological polar surface area (TPSA) is 93.4 Å². The maximum absolute atomic E-state index is 12.5. The molecule has 2 aliphatic rings. The minimum Gasteiger partial charge on any atom is -0.478 e. The maximum atomic E-state index is 12.5. The van der Waals surface area contributed by atoms with Crippen molar-refractivity contribution >= 4 is 17.6 Å². The first kappa shape index (κ1) is 19.0. The first-order valence-electron chi connectivity index (χ1n) is 9.13. The summed E-state index contributed by atoms with van der Waals surface area (Å²) in [5, 5.41) is 21.1. The van der Waals surface area contributed by atoms with Crippen molar-refractivity contribution in [2.45, 2.75) is 46.1 Å². The van der Waals surface area contributed by atoms with Gasteiger partial charge >= 0.3 is 5.97 Å². The largest absolute Gasteiger partial charge is 0.478 e. The molecule has 1 aliphatic heterocycles. The van der Waals surface area contributed by atoms with Crippen LogP contribution in [0.1, 0.15) is 50.4 Å². The molecule has 6 nitrogen and oxygen atoms in total. The number of nitrogens with zero attached hydrogens (tertiary/aromatic N) is 2. The van der Waals surface area contributed by atoms with E-state index in [9.17, 15) is 14.9 Å². The third-order valence-corrected chi connectivity index (χ3v) is 5.50. The lowest BCUT2D eigenvalue weighted by Gasteiger charge is -2.39. The Bertz CT molecular complexity index is 835. The summed E-state index contributed by atoms with van der Waals surface area (Å²) < 4.78 is 0. The highest BCUT2D eigenvalue weighted by Crippen LogP contribution is 2.52. The predicted octanol–water partition coefficient (Wildman–Crippen LogP) is 3.63. The SMILES string of the molecule is CC1(C)CC2CC(C)(CN2/C=C(/C#N)C(=O)Nc2ccc(C(=O)O)cc2)C1. The molecular formula is C21H25N3O3. The van der Waals surface area contributed by atoms with Crippen molar-refractivity contribution < 1.29 is 14.7 Å². The summed E-state index contributed by atoms with van der Waals surface area (Å²) in [7, 11) is 0. The van der Waals surface area contributed by atoms with Crippen molar-refractivity contribution in [1.82, 2.24) is 4.90 Å². The third-order valence-electron chi connectivity index (χ3n) is 5.50. The van der Waals surface area contributed by atoms with Crippen LogP contribution in [0.4, 0.5) is 5.69 Å². The van der Waals surface area contributed by atoms with Crippen molar-refractivity contribution in [3.8, 4) is 6.07 Å². The van der Waals surface area contributed by atoms with E-state index in [1.54, 1.807) is 6.20 Å². The zero-order chi connectivity index (χ0) is 19.8. The van der Waals surface area contributed by atoms with Gasteiger partial charge in [0, 0.05) is 24.5 Å². The molecule has 1 aromatic rings. The highest BCUT2D eigenvalue weighted by Gasteiger charge is 2.48. The van der Waals surface area contributed by atoms with E-state index >= 15 is 0 Å². The number of likely N-dealkylation sites (tertiary alicyclic amines) is 1. The molecule has 0 radical (unpaired) electrons. The molecule has 2 bridgehead atoms. The van der Waals surface area contributed by atoms with Crippen molar-refractivity contribution in [2.24, 2.45) is 10.8 Å². The number of nitriles is 1. The summed E-state index contributed by atoms with van der Waals surface area (Å²) in [5.41, 5.74) is 1.14. The number of anilines is 1. The molecule has 1 saturated heterocycles. The van der Waals surface area contributed by atoms with Crippen LogP contribution in [0.15, 0.2) is 36.0 Å². The Balaban J connectivity index is 1.74. The standard InChI is InChI=1S/C21H25N3O3/c1-20(2)8-17-9-21(3,12-20)13-24(17)11-15(10-22)18(25)23-16-6-4-14(5-7-16)19(26)27/h4-7,11,17H,8-9,12-13H2,1-3H3,(H,23,25)(H,26,27)/b15-11-. The van der Waals surface area contributed by atoms with Crippen LogP contribution in [-0.2, 0) is 4.79 Å². The van der Waals surface area contributed by atoms with E-state index in [2.05, 4.69) is 31.0 Å². The van der Waals surface area contributed by atoms with Crippen molar-refractivity contribution in [1.29, 1.82) is 5.26 Å². The average Bonchev–Trinajstić information content (AvgIpc) is 2.81. The Labute approximate surface area is 159 Å².